The van der Waals surface area contributed by atoms with Crippen LogP contribution in [0.1, 0.15) is 57.3 Å². The predicted molar refractivity (Wildman–Crippen MR) is 524 cm³/mol. The van der Waals surface area contributed by atoms with Crippen LogP contribution >= 0.6 is 47.0 Å². The summed E-state index contributed by atoms with van der Waals surface area (Å²) in [4.78, 5) is 7.94. The second-order valence-corrected chi connectivity index (χ2v) is 41.9. The maximum absolute atomic E-state index is 12.9. The van der Waals surface area contributed by atoms with Crippen molar-refractivity contribution in [3.63, 3.8) is 0 Å². The van der Waals surface area contributed by atoms with Crippen LogP contribution in [0.5, 0.6) is 0 Å². The maximum Gasteiger partial charge on any atom is 1.00 e. The Morgan fingerprint density at radius 1 is 0.303 bits per heavy atom. The minimum Gasteiger partial charge on any atom is -0.744 e. The number of benzene rings is 14. The molecule has 28 heteroatoms. The Kier molecular flexibility index (Phi) is 34.4. The predicted octanol–water partition coefficient (Wildman–Crippen LogP) is 16.9. The summed E-state index contributed by atoms with van der Waals surface area (Å²) >= 11 is 6.99. The van der Waals surface area contributed by atoms with Gasteiger partial charge in [-0.1, -0.05) is 146 Å². The van der Waals surface area contributed by atoms with Crippen molar-refractivity contribution in [2.24, 2.45) is 0 Å². The van der Waals surface area contributed by atoms with Gasteiger partial charge in [0.15, 0.2) is 6.54 Å². The molecule has 0 unspecified atom stereocenters. The Morgan fingerprint density at radius 3 is 1.01 bits per heavy atom. The van der Waals surface area contributed by atoms with Gasteiger partial charge in [0.1, 0.15) is 69.7 Å². The second kappa shape index (κ2) is 44.8. The second-order valence-electron chi connectivity index (χ2n) is 31.7. The molecule has 0 saturated heterocycles. The first-order valence-electron chi connectivity index (χ1n) is 42.2. The Morgan fingerprint density at radius 2 is 0.636 bits per heavy atom. The first-order valence-corrected chi connectivity index (χ1v) is 51.8. The third-order valence-electron chi connectivity index (χ3n) is 22.7. The van der Waals surface area contributed by atoms with Crippen LogP contribution in [0.3, 0.4) is 0 Å². The van der Waals surface area contributed by atoms with Gasteiger partial charge in [-0.25, -0.2) is 33.7 Å². The number of hydrogen-bond acceptors (Lipinski definition) is 20. The zero-order valence-corrected chi connectivity index (χ0v) is 87.5. The number of hydrogen-bond donors (Lipinski definition) is 0. The van der Waals surface area contributed by atoms with Crippen molar-refractivity contribution in [2.75, 3.05) is 59.0 Å². The number of thioether (sulfide) groups is 4. The van der Waals surface area contributed by atoms with Gasteiger partial charge in [-0.05, 0) is 211 Å². The fourth-order valence-electron chi connectivity index (χ4n) is 17.1. The van der Waals surface area contributed by atoms with E-state index < -0.39 is 40.5 Å². The molecule has 0 spiro atoms. The van der Waals surface area contributed by atoms with Gasteiger partial charge >= 0.3 is 103 Å². The largest absolute Gasteiger partial charge is 1.00 e. The van der Waals surface area contributed by atoms with Crippen LogP contribution in [0.4, 0.5) is 34.1 Å². The summed E-state index contributed by atoms with van der Waals surface area (Å²) < 4.78 is 168. The van der Waals surface area contributed by atoms with Crippen LogP contribution in [-0.4, -0.2) is 101 Å². The third kappa shape index (κ3) is 24.1. The molecule has 18 nitrogen and oxygen atoms in total. The van der Waals surface area contributed by atoms with Crippen molar-refractivity contribution < 1.29 is 163 Å². The number of rotatable bonds is 30. The molecule has 132 heavy (non-hydrogen) atoms. The molecule has 2 aliphatic carbocycles. The molecule has 16 rings (SSSR count). The van der Waals surface area contributed by atoms with Gasteiger partial charge in [0, 0.05) is 164 Å². The molecular weight excluding hydrogens is 1860 g/mol. The molecule has 2 heterocycles. The quantitative estimate of drug-likeness (QED) is 0.0101. The number of para-hydroxylation sites is 2. The molecule has 12 aromatic carbocycles. The summed E-state index contributed by atoms with van der Waals surface area (Å²) in [6, 6.07) is 94.6. The molecule has 0 N–H and O–H groups in total. The molecule has 0 aromatic heterocycles. The van der Waals surface area contributed by atoms with Gasteiger partial charge in [-0.3, -0.25) is 0 Å². The summed E-state index contributed by atoms with van der Waals surface area (Å²) in [5.41, 5.74) is 16.1. The van der Waals surface area contributed by atoms with E-state index in [4.69, 9.17) is 8.83 Å². The topological polar surface area (TPSA) is 268 Å². The smallest absolute Gasteiger partial charge is 0.744 e. The van der Waals surface area contributed by atoms with Gasteiger partial charge in [-0.15, -0.1) is 47.0 Å². The van der Waals surface area contributed by atoms with E-state index in [1.807, 2.05) is 176 Å². The normalized spacial score (nSPS) is 12.3. The fraction of sp³-hybridized carbons (Fsp3) is 0.173. The molecule has 0 radical (unpaired) electrons. The third-order valence-corrected chi connectivity index (χ3v) is 30.3. The zero-order valence-electron chi connectivity index (χ0n) is 74.7. The van der Waals surface area contributed by atoms with Gasteiger partial charge < -0.3 is 36.8 Å². The molecular formula is C104H94K2N4O14S8. The van der Waals surface area contributed by atoms with Crippen LogP contribution < -0.4 is 132 Å². The van der Waals surface area contributed by atoms with E-state index in [2.05, 4.69) is 113 Å². The fourth-order valence-corrected chi connectivity index (χ4v) is 23.2. The van der Waals surface area contributed by atoms with E-state index in [-0.39, 0.29) is 133 Å². The zero-order chi connectivity index (χ0) is 91.8. The summed E-state index contributed by atoms with van der Waals surface area (Å²) in [6.07, 6.45) is 1.62. The molecule has 2 aliphatic heterocycles. The summed E-state index contributed by atoms with van der Waals surface area (Å²) in [5.74, 6) is 4.01. The monoisotopic (exact) mass is 1960 g/mol. The van der Waals surface area contributed by atoms with E-state index in [1.54, 1.807) is 93.3 Å². The Balaban J connectivity index is 0.000000221. The van der Waals surface area contributed by atoms with Crippen molar-refractivity contribution in [1.29, 1.82) is 0 Å². The van der Waals surface area contributed by atoms with Gasteiger partial charge in [0.05, 0.1) is 37.5 Å². The van der Waals surface area contributed by atoms with Crippen molar-refractivity contribution in [1.82, 2.24) is 9.15 Å². The van der Waals surface area contributed by atoms with E-state index in [0.29, 0.717) is 110 Å². The summed E-state index contributed by atoms with van der Waals surface area (Å²) in [5, 5.41) is 2.71. The number of aryl methyl sites for hydroxylation is 8. The van der Waals surface area contributed by atoms with E-state index >= 15 is 0 Å². The van der Waals surface area contributed by atoms with Crippen LogP contribution in [0.2, 0.25) is 0 Å². The SMILES string of the molecule is Cc1cccc(C)c1N(CCCSc1ccccc1)c1ccc2c(-c3ccccc3S(=O)(=O)[O-])c3ccc(=[N+](CCCSc4ccccc4)c4c(C)cc(S(=O)(=O)[O-])cc4C)cc-3oc2c1.Cc1cccc(C)c1N(CCSc1ccccc1)c1ccc2c(-c3ccccc3S(=O)(=O)[O-])c3ccc(=[N+](CCSc4ccccc4)c4c(C)cc(S(=O)(=O)[O-])cc4C)cc-3oc2c1.[K+].[K+]. The van der Waals surface area contributed by atoms with Gasteiger partial charge in [0.25, 0.3) is 0 Å². The van der Waals surface area contributed by atoms with E-state index in [0.717, 1.165) is 107 Å². The molecule has 0 bridgehead atoms. The minimum atomic E-state index is -4.90. The molecule has 4 aliphatic rings. The van der Waals surface area contributed by atoms with Crippen LogP contribution in [0, 0.1) is 55.4 Å². The van der Waals surface area contributed by atoms with Gasteiger partial charge in [-0.2, -0.15) is 9.15 Å². The number of anilines is 4. The standard InChI is InChI=1S/C53H50N2O7S4.C51H46N2O7S4.2K/c1-36-16-13-17-37(2)52(36)54(28-14-30-63-42-18-7-5-8-19-42)40-24-26-45-48(34-40)62-49-35-41(25-27-46(49)51(45)47-22-11-12-23-50(47)66(59,60)61)55(29-15-31-64-43-20-9-6-10-21-43)53-38(3)32-44(33-39(53)4)65(56,57)58;1-34-14-13-15-35(2)50(34)52(26-28-61-40-16-7-5-8-17-40)38-22-24-43-46(32-38)60-47-33-39(23-25-44(47)49(43)45-20-11-12-21-48(45)64(57,58)59)53(27-29-62-41-18-9-6-10-19-41)51-36(3)30-42(31-37(51)4)63(54,55)56;;/h5-13,16-27,32-35H,14-15,28-31H2,1-4H3,(H-,56,57,58,59,60,61);5-25,30-33H,26-29H2,1-4H3,(H-,54,55,56,57,58,59);;/q;;2*+1/p-2. The first kappa shape index (κ1) is 101. The van der Waals surface area contributed by atoms with Crippen molar-refractivity contribution >= 4 is 144 Å². The van der Waals surface area contributed by atoms with Crippen molar-refractivity contribution in [3.05, 3.63) is 359 Å². The maximum atomic E-state index is 12.9. The Hall–Kier alpha value is -8.07. The molecule has 0 fully saturated rings. The molecule has 12 aromatic rings. The molecule has 0 saturated carbocycles. The molecule has 0 amide bonds. The number of fused-ring (bicyclic) bond motifs is 4. The summed E-state index contributed by atoms with van der Waals surface area (Å²) in [6.45, 7) is 18.0. The minimum absolute atomic E-state index is 0. The van der Waals surface area contributed by atoms with Crippen LogP contribution in [-0.2, 0) is 40.5 Å². The summed E-state index contributed by atoms with van der Waals surface area (Å²) in [7, 11) is -19.2. The molecule has 664 valence electrons. The number of nitrogens with zero attached hydrogens (tertiary/aromatic N) is 4. The Bertz CT molecular complexity index is 7420. The van der Waals surface area contributed by atoms with Gasteiger partial charge in [0.2, 0.25) is 22.1 Å². The first-order chi connectivity index (χ1) is 62.3. The Labute approximate surface area is 874 Å². The molecule has 0 atom stereocenters. The van der Waals surface area contributed by atoms with Crippen LogP contribution in [0.25, 0.3) is 66.8 Å². The van der Waals surface area contributed by atoms with E-state index in [1.165, 1.54) is 52.3 Å². The van der Waals surface area contributed by atoms with Crippen molar-refractivity contribution in [2.45, 2.75) is 107 Å². The average molecular weight is 1960 g/mol. The average Bonchev–Trinajstić information content (AvgIpc) is 0.739. The van der Waals surface area contributed by atoms with E-state index in [9.17, 15) is 51.9 Å². The van der Waals surface area contributed by atoms with Crippen LogP contribution in [0.15, 0.2) is 351 Å². The van der Waals surface area contributed by atoms with Crippen molar-refractivity contribution in [3.8, 4) is 44.9 Å².